The van der Waals surface area contributed by atoms with E-state index in [1.807, 2.05) is 23.9 Å². The average molecular weight is 327 g/mol. The Labute approximate surface area is 141 Å². The van der Waals surface area contributed by atoms with Crippen LogP contribution in [-0.2, 0) is 6.42 Å². The lowest BCUT2D eigenvalue weighted by Crippen LogP contribution is -2.19. The van der Waals surface area contributed by atoms with Crippen molar-refractivity contribution >= 4 is 17.4 Å². The van der Waals surface area contributed by atoms with E-state index < -0.39 is 0 Å². The maximum atomic E-state index is 10.9. The van der Waals surface area contributed by atoms with Gasteiger partial charge >= 0.3 is 0 Å². The van der Waals surface area contributed by atoms with Crippen molar-refractivity contribution in [3.8, 4) is 0 Å². The third kappa shape index (κ3) is 3.00. The van der Waals surface area contributed by atoms with E-state index in [1.54, 1.807) is 12.1 Å². The molecule has 2 atom stereocenters. The zero-order valence-corrected chi connectivity index (χ0v) is 14.5. The number of hydrogen-bond donors (Lipinski definition) is 0. The third-order valence-corrected chi connectivity index (χ3v) is 6.50. The van der Waals surface area contributed by atoms with Gasteiger partial charge in [-0.25, -0.2) is 0 Å². The molecule has 0 aromatic heterocycles. The van der Waals surface area contributed by atoms with Crippen LogP contribution < -0.4 is 0 Å². The molecule has 1 heterocycles. The van der Waals surface area contributed by atoms with E-state index in [2.05, 4.69) is 32.9 Å². The van der Waals surface area contributed by atoms with Gasteiger partial charge in [0.2, 0.25) is 0 Å². The van der Waals surface area contributed by atoms with Crippen LogP contribution in [0.1, 0.15) is 40.8 Å². The fourth-order valence-corrected chi connectivity index (χ4v) is 5.01. The van der Waals surface area contributed by atoms with Crippen LogP contribution in [0.5, 0.6) is 0 Å². The maximum Gasteiger partial charge on any atom is 0.269 e. The zero-order valence-electron chi connectivity index (χ0n) is 13.7. The molecule has 0 aliphatic carbocycles. The lowest BCUT2D eigenvalue weighted by molar-refractivity contribution is -0.384. The summed E-state index contributed by atoms with van der Waals surface area (Å²) in [4.78, 5) is 11.9. The number of rotatable bonds is 3. The zero-order chi connectivity index (χ0) is 16.6. The topological polar surface area (TPSA) is 43.1 Å². The van der Waals surface area contributed by atoms with Crippen molar-refractivity contribution in [1.82, 2.24) is 0 Å². The van der Waals surface area contributed by atoms with Gasteiger partial charge in [0, 0.05) is 22.3 Å². The molecule has 0 radical (unpaired) electrons. The quantitative estimate of drug-likeness (QED) is 0.542. The van der Waals surface area contributed by atoms with E-state index in [1.165, 1.54) is 27.1 Å². The van der Waals surface area contributed by atoms with E-state index in [0.29, 0.717) is 11.2 Å². The van der Waals surface area contributed by atoms with Crippen molar-refractivity contribution in [2.45, 2.75) is 43.8 Å². The molecule has 120 valence electrons. The molecule has 0 saturated carbocycles. The molecule has 1 aliphatic rings. The monoisotopic (exact) mass is 327 g/mol. The van der Waals surface area contributed by atoms with Crippen LogP contribution in [0.15, 0.2) is 41.3 Å². The Morgan fingerprint density at radius 3 is 2.39 bits per heavy atom. The highest BCUT2D eigenvalue weighted by Gasteiger charge is 2.31. The smallest absolute Gasteiger partial charge is 0.258 e. The normalized spacial score (nSPS) is 20.1. The molecule has 0 spiro atoms. The molecule has 23 heavy (non-hydrogen) atoms. The minimum atomic E-state index is -0.335. The van der Waals surface area contributed by atoms with Gasteiger partial charge in [0.1, 0.15) is 0 Å². The van der Waals surface area contributed by atoms with Crippen molar-refractivity contribution in [2.75, 3.05) is 0 Å². The van der Waals surface area contributed by atoms with E-state index in [4.69, 9.17) is 0 Å². The first kappa shape index (κ1) is 16.1. The Bertz CT molecular complexity index is 740. The molecular weight excluding hydrogens is 306 g/mol. The number of nitro groups is 1. The average Bonchev–Trinajstić information content (AvgIpc) is 2.57. The predicted octanol–water partition coefficient (Wildman–Crippen LogP) is 5.63. The maximum absolute atomic E-state index is 10.9. The van der Waals surface area contributed by atoms with Gasteiger partial charge < -0.3 is 0 Å². The number of hydrogen-bond acceptors (Lipinski definition) is 3. The van der Waals surface area contributed by atoms with Crippen LogP contribution in [0.25, 0.3) is 0 Å². The summed E-state index contributed by atoms with van der Waals surface area (Å²) < 4.78 is 0. The molecule has 0 fully saturated rings. The molecule has 4 heteroatoms. The second-order valence-electron chi connectivity index (χ2n) is 6.27. The van der Waals surface area contributed by atoms with Crippen molar-refractivity contribution in [2.24, 2.45) is 5.92 Å². The minimum Gasteiger partial charge on any atom is -0.258 e. The number of nitrogens with zero attached hydrogens (tertiary/aromatic N) is 1. The first-order chi connectivity index (χ1) is 11.0. The Morgan fingerprint density at radius 2 is 1.78 bits per heavy atom. The Balaban J connectivity index is 1.98. The summed E-state index contributed by atoms with van der Waals surface area (Å²) >= 11 is 1.93. The summed E-state index contributed by atoms with van der Waals surface area (Å²) in [5.74, 6) is 0.564. The molecule has 0 bridgehead atoms. The van der Waals surface area contributed by atoms with Crippen LogP contribution in [0.3, 0.4) is 0 Å². The number of fused-ring (bicyclic) bond motifs is 1. The standard InChI is InChI=1S/C19H21NO2S/c1-4-14-11-17-12(2)5-6-13(3)18(17)23-19(14)15-7-9-16(10-8-15)20(21)22/h5-10,14,19H,4,11H2,1-3H3. The number of aryl methyl sites for hydroxylation is 2. The molecule has 1 aliphatic heterocycles. The Kier molecular flexibility index (Phi) is 4.44. The van der Waals surface area contributed by atoms with E-state index in [0.717, 1.165) is 12.8 Å². The molecule has 3 rings (SSSR count). The van der Waals surface area contributed by atoms with E-state index in [-0.39, 0.29) is 10.6 Å². The minimum absolute atomic E-state index is 0.162. The van der Waals surface area contributed by atoms with Crippen molar-refractivity contribution in [3.63, 3.8) is 0 Å². The Morgan fingerprint density at radius 1 is 1.13 bits per heavy atom. The molecule has 2 aromatic carbocycles. The lowest BCUT2D eigenvalue weighted by atomic mass is 9.87. The summed E-state index contributed by atoms with van der Waals surface area (Å²) in [5, 5.41) is 11.2. The van der Waals surface area contributed by atoms with Crippen LogP contribution >= 0.6 is 11.8 Å². The summed E-state index contributed by atoms with van der Waals surface area (Å²) in [6.07, 6.45) is 2.20. The predicted molar refractivity (Wildman–Crippen MR) is 95.1 cm³/mol. The van der Waals surface area contributed by atoms with Crippen molar-refractivity contribution in [1.29, 1.82) is 0 Å². The van der Waals surface area contributed by atoms with Crippen LogP contribution in [0.4, 0.5) is 5.69 Å². The fourth-order valence-electron chi connectivity index (χ4n) is 3.34. The van der Waals surface area contributed by atoms with Crippen molar-refractivity contribution < 1.29 is 4.92 Å². The number of non-ortho nitro benzene ring substituents is 1. The second-order valence-corrected chi connectivity index (χ2v) is 7.42. The largest absolute Gasteiger partial charge is 0.269 e. The van der Waals surface area contributed by atoms with Gasteiger partial charge in [-0.2, -0.15) is 0 Å². The highest BCUT2D eigenvalue weighted by Crippen LogP contribution is 2.50. The third-order valence-electron chi connectivity index (χ3n) is 4.79. The van der Waals surface area contributed by atoms with Gasteiger partial charge in [-0.1, -0.05) is 37.6 Å². The van der Waals surface area contributed by atoms with Crippen LogP contribution in [0.2, 0.25) is 0 Å². The van der Waals surface area contributed by atoms with Gasteiger partial charge in [-0.05, 0) is 48.4 Å². The molecule has 0 N–H and O–H groups in total. The highest BCUT2D eigenvalue weighted by atomic mass is 32.2. The van der Waals surface area contributed by atoms with Gasteiger partial charge in [0.25, 0.3) is 5.69 Å². The molecule has 0 amide bonds. The van der Waals surface area contributed by atoms with E-state index >= 15 is 0 Å². The van der Waals surface area contributed by atoms with Gasteiger partial charge in [-0.15, -0.1) is 11.8 Å². The highest BCUT2D eigenvalue weighted by molar-refractivity contribution is 7.99. The molecular formula is C19H21NO2S. The number of nitro benzene ring substituents is 1. The summed E-state index contributed by atoms with van der Waals surface area (Å²) in [5.41, 5.74) is 5.55. The molecule has 2 unspecified atom stereocenters. The number of thioether (sulfide) groups is 1. The fraction of sp³-hybridized carbons (Fsp3) is 0.368. The number of benzene rings is 2. The van der Waals surface area contributed by atoms with Gasteiger partial charge in [-0.3, -0.25) is 10.1 Å². The van der Waals surface area contributed by atoms with Crippen molar-refractivity contribution in [3.05, 3.63) is 68.8 Å². The van der Waals surface area contributed by atoms with Gasteiger partial charge in [0.15, 0.2) is 0 Å². The SMILES string of the molecule is CCC1Cc2c(C)ccc(C)c2SC1c1ccc([N+](=O)[O-])cc1. The first-order valence-electron chi connectivity index (χ1n) is 8.01. The van der Waals surface area contributed by atoms with Crippen LogP contribution in [-0.4, -0.2) is 4.92 Å². The van der Waals surface area contributed by atoms with Crippen LogP contribution in [0, 0.1) is 29.9 Å². The summed E-state index contributed by atoms with van der Waals surface area (Å²) in [6.45, 7) is 6.60. The molecule has 0 saturated heterocycles. The molecule has 3 nitrogen and oxygen atoms in total. The van der Waals surface area contributed by atoms with Gasteiger partial charge in [0.05, 0.1) is 4.92 Å². The first-order valence-corrected chi connectivity index (χ1v) is 8.89. The summed E-state index contributed by atoms with van der Waals surface area (Å²) in [7, 11) is 0. The lowest BCUT2D eigenvalue weighted by Gasteiger charge is -2.34. The summed E-state index contributed by atoms with van der Waals surface area (Å²) in [6, 6.07) is 11.5. The molecule has 2 aromatic rings. The van der Waals surface area contributed by atoms with E-state index in [9.17, 15) is 10.1 Å². The Hall–Kier alpha value is -1.81. The second kappa shape index (κ2) is 6.36.